The zero-order valence-corrected chi connectivity index (χ0v) is 17.9. The van der Waals surface area contributed by atoms with Crippen LogP contribution in [0.25, 0.3) is 0 Å². The minimum atomic E-state index is -4.94. The third-order valence-electron chi connectivity index (χ3n) is 4.31. The number of nitrogens with one attached hydrogen (secondary N) is 1. The molecule has 0 saturated carbocycles. The van der Waals surface area contributed by atoms with Gasteiger partial charge in [-0.2, -0.15) is 17.5 Å². The maximum absolute atomic E-state index is 13.4. The third-order valence-corrected chi connectivity index (χ3v) is 6.23. The van der Waals surface area contributed by atoms with Crippen molar-refractivity contribution in [2.24, 2.45) is 0 Å². The minimum Gasteiger partial charge on any atom is -0.494 e. The molecule has 0 aromatic heterocycles. The van der Waals surface area contributed by atoms with E-state index in [4.69, 9.17) is 4.74 Å². The van der Waals surface area contributed by atoms with E-state index >= 15 is 0 Å². The lowest BCUT2D eigenvalue weighted by Gasteiger charge is -2.21. The fourth-order valence-corrected chi connectivity index (χ4v) is 4.29. The molecule has 0 unspecified atom stereocenters. The van der Waals surface area contributed by atoms with Crippen molar-refractivity contribution in [3.8, 4) is 5.75 Å². The number of likely N-dealkylation sites (N-methyl/N-ethyl adjacent to an activating group) is 1. The number of benzene rings is 2. The highest BCUT2D eigenvalue weighted by Crippen LogP contribution is 2.33. The van der Waals surface area contributed by atoms with Crippen LogP contribution in [0.1, 0.15) is 25.0 Å². The highest BCUT2D eigenvalue weighted by Gasteiger charge is 2.34. The van der Waals surface area contributed by atoms with Gasteiger partial charge >= 0.3 is 6.18 Å². The summed E-state index contributed by atoms with van der Waals surface area (Å²) in [6.45, 7) is 4.71. The van der Waals surface area contributed by atoms with Crippen LogP contribution in [0.2, 0.25) is 0 Å². The zero-order valence-electron chi connectivity index (χ0n) is 17.1. The van der Waals surface area contributed by atoms with E-state index in [0.29, 0.717) is 30.1 Å². The lowest BCUT2D eigenvalue weighted by Crippen LogP contribution is -2.37. The number of sulfonamides is 1. The van der Waals surface area contributed by atoms with Crippen LogP contribution in [0.3, 0.4) is 0 Å². The first kappa shape index (κ1) is 24.6. The Morgan fingerprint density at radius 2 is 1.81 bits per heavy atom. The first-order chi connectivity index (χ1) is 14.4. The number of alkyl halides is 3. The molecule has 31 heavy (non-hydrogen) atoms. The number of amides is 1. The number of nitrogens with zero attached hydrogens (tertiary/aromatic N) is 1. The van der Waals surface area contributed by atoms with Crippen molar-refractivity contribution in [1.82, 2.24) is 4.31 Å². The second kappa shape index (κ2) is 9.65. The maximum atomic E-state index is 13.4. The summed E-state index contributed by atoms with van der Waals surface area (Å²) < 4.78 is 84.0. The summed E-state index contributed by atoms with van der Waals surface area (Å²) in [5, 5.41) is 2.18. The molecule has 170 valence electrons. The number of halogens is 4. The van der Waals surface area contributed by atoms with Gasteiger partial charge in [0.2, 0.25) is 15.9 Å². The van der Waals surface area contributed by atoms with Gasteiger partial charge in [-0.05, 0) is 55.8 Å². The molecule has 11 heteroatoms. The van der Waals surface area contributed by atoms with Gasteiger partial charge in [0, 0.05) is 12.2 Å². The van der Waals surface area contributed by atoms with Crippen molar-refractivity contribution < 1.29 is 35.5 Å². The Morgan fingerprint density at radius 1 is 1.13 bits per heavy atom. The number of aryl methyl sites for hydroxylation is 1. The topological polar surface area (TPSA) is 75.7 Å². The highest BCUT2D eigenvalue weighted by molar-refractivity contribution is 7.89. The van der Waals surface area contributed by atoms with E-state index in [0.717, 1.165) is 10.4 Å². The molecule has 0 aliphatic rings. The quantitative estimate of drug-likeness (QED) is 0.597. The van der Waals surface area contributed by atoms with Crippen molar-refractivity contribution >= 4 is 21.6 Å². The van der Waals surface area contributed by atoms with Crippen LogP contribution in [0.4, 0.5) is 23.2 Å². The van der Waals surface area contributed by atoms with Gasteiger partial charge in [-0.25, -0.2) is 12.8 Å². The largest absolute Gasteiger partial charge is 0.494 e. The molecule has 1 N–H and O–H groups in total. The molecule has 2 rings (SSSR count). The van der Waals surface area contributed by atoms with Gasteiger partial charge in [-0.3, -0.25) is 4.79 Å². The molecule has 1 amide bonds. The molecule has 0 aliphatic carbocycles. The Bertz CT molecular complexity index is 1060. The summed E-state index contributed by atoms with van der Waals surface area (Å²) in [5.41, 5.74) is -1.24. The molecule has 2 aromatic carbocycles. The van der Waals surface area contributed by atoms with Crippen molar-refractivity contribution in [2.75, 3.05) is 25.0 Å². The van der Waals surface area contributed by atoms with Crippen LogP contribution in [0.5, 0.6) is 5.75 Å². The summed E-state index contributed by atoms with van der Waals surface area (Å²) in [6.07, 6.45) is -4.94. The molecule has 0 spiro atoms. The van der Waals surface area contributed by atoms with Crippen LogP contribution >= 0.6 is 0 Å². The standard InChI is InChI=1S/C20H22F4N2O4S/c1-4-26(31(28,29)15-7-9-18(30-5-2)13(3)10-15)12-19(27)25-14-6-8-17(21)16(11-14)20(22,23)24/h6-11H,4-5,12H2,1-3H3,(H,25,27). The Hall–Kier alpha value is -2.66. The van der Waals surface area contributed by atoms with Gasteiger partial charge < -0.3 is 10.1 Å². The number of hydrogen-bond acceptors (Lipinski definition) is 4. The van der Waals surface area contributed by atoms with Crippen LogP contribution < -0.4 is 10.1 Å². The second-order valence-electron chi connectivity index (χ2n) is 6.53. The van der Waals surface area contributed by atoms with E-state index in [-0.39, 0.29) is 17.1 Å². The monoisotopic (exact) mass is 462 g/mol. The maximum Gasteiger partial charge on any atom is 0.419 e. The Kier molecular flexibility index (Phi) is 7.66. The Morgan fingerprint density at radius 3 is 2.35 bits per heavy atom. The lowest BCUT2D eigenvalue weighted by molar-refractivity contribution is -0.140. The fourth-order valence-electron chi connectivity index (χ4n) is 2.80. The number of ether oxygens (including phenoxy) is 1. The predicted molar refractivity (Wildman–Crippen MR) is 107 cm³/mol. The highest BCUT2D eigenvalue weighted by atomic mass is 32.2. The van der Waals surface area contributed by atoms with E-state index in [1.54, 1.807) is 13.8 Å². The molecular weight excluding hydrogens is 440 g/mol. The van der Waals surface area contributed by atoms with Crippen molar-refractivity contribution in [2.45, 2.75) is 31.8 Å². The van der Waals surface area contributed by atoms with Crippen molar-refractivity contribution in [3.63, 3.8) is 0 Å². The molecule has 0 bridgehead atoms. The van der Waals surface area contributed by atoms with Crippen molar-refractivity contribution in [1.29, 1.82) is 0 Å². The SMILES string of the molecule is CCOc1ccc(S(=O)(=O)N(CC)CC(=O)Nc2ccc(F)c(C(F)(F)F)c2)cc1C. The van der Waals surface area contributed by atoms with Crippen LogP contribution in [-0.4, -0.2) is 38.3 Å². The first-order valence-electron chi connectivity index (χ1n) is 9.30. The average Bonchev–Trinajstić information content (AvgIpc) is 2.68. The van der Waals surface area contributed by atoms with Gasteiger partial charge in [0.25, 0.3) is 0 Å². The van der Waals surface area contributed by atoms with E-state index < -0.39 is 40.0 Å². The molecule has 0 atom stereocenters. The molecule has 6 nitrogen and oxygen atoms in total. The van der Waals surface area contributed by atoms with Crippen molar-refractivity contribution in [3.05, 3.63) is 53.3 Å². The van der Waals surface area contributed by atoms with Gasteiger partial charge in [0.1, 0.15) is 11.6 Å². The Balaban J connectivity index is 2.20. The van der Waals surface area contributed by atoms with Crippen LogP contribution in [0, 0.1) is 12.7 Å². The third kappa shape index (κ3) is 5.95. The summed E-state index contributed by atoms with van der Waals surface area (Å²) in [5.74, 6) is -1.82. The smallest absolute Gasteiger partial charge is 0.419 e. The normalized spacial score (nSPS) is 12.1. The lowest BCUT2D eigenvalue weighted by atomic mass is 10.2. The van der Waals surface area contributed by atoms with E-state index in [1.165, 1.54) is 25.1 Å². The van der Waals surface area contributed by atoms with Crippen LogP contribution in [0.15, 0.2) is 41.3 Å². The van der Waals surface area contributed by atoms with Gasteiger partial charge in [-0.15, -0.1) is 0 Å². The zero-order chi connectivity index (χ0) is 23.4. The van der Waals surface area contributed by atoms with E-state index in [9.17, 15) is 30.8 Å². The number of hydrogen-bond donors (Lipinski definition) is 1. The fraction of sp³-hybridized carbons (Fsp3) is 0.350. The molecule has 0 aliphatic heterocycles. The summed E-state index contributed by atoms with van der Waals surface area (Å²) >= 11 is 0. The molecule has 0 saturated heterocycles. The van der Waals surface area contributed by atoms with Gasteiger partial charge in [-0.1, -0.05) is 6.92 Å². The first-order valence-corrected chi connectivity index (χ1v) is 10.7. The molecule has 2 aromatic rings. The minimum absolute atomic E-state index is 0.0516. The van der Waals surface area contributed by atoms with Gasteiger partial charge in [0.05, 0.1) is 23.6 Å². The predicted octanol–water partition coefficient (Wildman–Crippen LogP) is 4.20. The summed E-state index contributed by atoms with van der Waals surface area (Å²) in [6, 6.07) is 6.27. The molecule has 0 fully saturated rings. The number of carbonyl (C=O) groups is 1. The van der Waals surface area contributed by atoms with Crippen LogP contribution in [-0.2, 0) is 21.0 Å². The summed E-state index contributed by atoms with van der Waals surface area (Å²) in [4.78, 5) is 12.2. The number of rotatable bonds is 8. The number of carbonyl (C=O) groups excluding carboxylic acids is 1. The second-order valence-corrected chi connectivity index (χ2v) is 8.47. The average molecular weight is 462 g/mol. The molecule has 0 radical (unpaired) electrons. The summed E-state index contributed by atoms with van der Waals surface area (Å²) in [7, 11) is -4.05. The number of anilines is 1. The van der Waals surface area contributed by atoms with Gasteiger partial charge in [0.15, 0.2) is 0 Å². The molecule has 0 heterocycles. The van der Waals surface area contributed by atoms with E-state index in [2.05, 4.69) is 5.32 Å². The van der Waals surface area contributed by atoms with E-state index in [1.807, 2.05) is 0 Å². The molecular formula is C20H22F4N2O4S. The Labute approximate surface area is 177 Å².